The molecule has 0 spiro atoms. The van der Waals surface area contributed by atoms with Crippen LogP contribution in [0, 0.1) is 5.82 Å². The van der Waals surface area contributed by atoms with Crippen molar-refractivity contribution in [3.63, 3.8) is 0 Å². The van der Waals surface area contributed by atoms with Crippen molar-refractivity contribution in [3.8, 4) is 0 Å². The van der Waals surface area contributed by atoms with E-state index in [1.165, 1.54) is 45.3 Å². The lowest BCUT2D eigenvalue weighted by Crippen LogP contribution is -2.47. The molecule has 3 aromatic rings. The molecule has 8 nitrogen and oxygen atoms in total. The lowest BCUT2D eigenvalue weighted by molar-refractivity contribution is 0.102. The Morgan fingerprint density at radius 3 is 2.42 bits per heavy atom. The van der Waals surface area contributed by atoms with Crippen LogP contribution in [0.3, 0.4) is 0 Å². The first kappa shape index (κ1) is 23.2. The Balaban J connectivity index is 1.28. The van der Waals surface area contributed by atoms with Crippen LogP contribution in [-0.4, -0.2) is 59.9 Å². The van der Waals surface area contributed by atoms with Gasteiger partial charge in [-0.2, -0.15) is 4.31 Å². The molecule has 4 rings (SSSR count). The maximum Gasteiger partial charge on any atom is 0.286 e. The van der Waals surface area contributed by atoms with Crippen molar-refractivity contribution in [1.29, 1.82) is 0 Å². The fourth-order valence-corrected chi connectivity index (χ4v) is 5.23. The molecule has 0 unspecified atom stereocenters. The van der Waals surface area contributed by atoms with Gasteiger partial charge in [-0.25, -0.2) is 12.8 Å². The van der Waals surface area contributed by atoms with Gasteiger partial charge in [0, 0.05) is 37.3 Å². The van der Waals surface area contributed by atoms with E-state index < -0.39 is 15.9 Å². The Bertz CT molecular complexity index is 1220. The highest BCUT2D eigenvalue weighted by molar-refractivity contribution is 7.92. The number of benzene rings is 2. The summed E-state index contributed by atoms with van der Waals surface area (Å²) in [6.45, 7) is 2.33. The summed E-state index contributed by atoms with van der Waals surface area (Å²) < 4.78 is 39.7. The minimum absolute atomic E-state index is 0.210. The van der Waals surface area contributed by atoms with E-state index in [1.54, 1.807) is 6.08 Å². The van der Waals surface area contributed by atoms with E-state index in [0.29, 0.717) is 43.4 Å². The van der Waals surface area contributed by atoms with Crippen LogP contribution >= 0.6 is 11.3 Å². The molecule has 0 radical (unpaired) electrons. The Morgan fingerprint density at radius 2 is 1.73 bits per heavy atom. The number of nitrogens with zero attached hydrogens (tertiary/aromatic N) is 4. The quantitative estimate of drug-likeness (QED) is 0.550. The zero-order valence-electron chi connectivity index (χ0n) is 17.6. The number of nitrogens with one attached hydrogen (secondary N) is 1. The zero-order chi connectivity index (χ0) is 23.3. The summed E-state index contributed by atoms with van der Waals surface area (Å²) in [6, 6.07) is 14.8. The van der Waals surface area contributed by atoms with Gasteiger partial charge in [-0.05, 0) is 35.9 Å². The molecular formula is C22H22FN5O3S2. The maximum atomic E-state index is 13.0. The molecule has 0 aliphatic carbocycles. The van der Waals surface area contributed by atoms with Crippen LogP contribution in [0.25, 0.3) is 6.08 Å². The fourth-order valence-electron chi connectivity index (χ4n) is 3.28. The average Bonchev–Trinajstić information content (AvgIpc) is 3.29. The van der Waals surface area contributed by atoms with Crippen molar-refractivity contribution in [3.05, 3.63) is 81.4 Å². The first-order valence-corrected chi connectivity index (χ1v) is 12.6. The molecule has 2 heterocycles. The van der Waals surface area contributed by atoms with Crippen LogP contribution in [0.5, 0.6) is 0 Å². The number of carbonyl (C=O) groups is 1. The molecule has 1 N–H and O–H groups in total. The number of amides is 1. The summed E-state index contributed by atoms with van der Waals surface area (Å²) >= 11 is 1.18. The van der Waals surface area contributed by atoms with Crippen molar-refractivity contribution in [2.24, 2.45) is 0 Å². The van der Waals surface area contributed by atoms with E-state index in [1.807, 2.05) is 30.3 Å². The highest BCUT2D eigenvalue weighted by Crippen LogP contribution is 2.17. The van der Waals surface area contributed by atoms with Crippen molar-refractivity contribution in [1.82, 2.24) is 19.4 Å². The summed E-state index contributed by atoms with van der Waals surface area (Å²) in [4.78, 5) is 14.4. The van der Waals surface area contributed by atoms with Crippen molar-refractivity contribution < 1.29 is 17.6 Å². The Labute approximate surface area is 195 Å². The number of sulfonamides is 1. The van der Waals surface area contributed by atoms with Crippen LogP contribution in [-0.2, 0) is 16.6 Å². The molecule has 1 aromatic heterocycles. The smallest absolute Gasteiger partial charge is 0.286 e. The summed E-state index contributed by atoms with van der Waals surface area (Å²) in [5.41, 5.74) is 1.30. The van der Waals surface area contributed by atoms with Crippen LogP contribution in [0.1, 0.15) is 20.4 Å². The van der Waals surface area contributed by atoms with E-state index in [9.17, 15) is 17.6 Å². The molecule has 1 aliphatic heterocycles. The van der Waals surface area contributed by atoms with Gasteiger partial charge in [0.15, 0.2) is 0 Å². The summed E-state index contributed by atoms with van der Waals surface area (Å²) in [6.07, 6.45) is 1.60. The van der Waals surface area contributed by atoms with Gasteiger partial charge in [-0.15, -0.1) is 10.2 Å². The molecule has 1 fully saturated rings. The topological polar surface area (TPSA) is 95.5 Å². The molecule has 33 heavy (non-hydrogen) atoms. The Morgan fingerprint density at radius 1 is 1.03 bits per heavy atom. The van der Waals surface area contributed by atoms with Crippen LogP contribution in [0.4, 0.5) is 10.1 Å². The SMILES string of the molecule is O=C(Nc1ccc(F)cc1)c1nnc(CN2CCN(S(=O)(=O)/C=C/c3ccccc3)CC2)s1. The van der Waals surface area contributed by atoms with Gasteiger partial charge >= 0.3 is 0 Å². The normalized spacial score (nSPS) is 15.7. The predicted octanol–water partition coefficient (Wildman–Crippen LogP) is 3.05. The molecule has 0 atom stereocenters. The van der Waals surface area contributed by atoms with Gasteiger partial charge in [-0.3, -0.25) is 9.69 Å². The third-order valence-corrected chi connectivity index (χ3v) is 7.52. The van der Waals surface area contributed by atoms with E-state index in [-0.39, 0.29) is 10.8 Å². The lowest BCUT2D eigenvalue weighted by atomic mass is 10.2. The number of halogens is 1. The number of hydrogen-bond acceptors (Lipinski definition) is 7. The number of anilines is 1. The Kier molecular flexibility index (Phi) is 7.23. The highest BCUT2D eigenvalue weighted by atomic mass is 32.2. The van der Waals surface area contributed by atoms with Gasteiger partial charge < -0.3 is 5.32 Å². The second kappa shape index (κ2) is 10.3. The van der Waals surface area contributed by atoms with Crippen LogP contribution in [0.15, 0.2) is 60.0 Å². The fraction of sp³-hybridized carbons (Fsp3) is 0.227. The second-order valence-corrected chi connectivity index (χ2v) is 10.3. The third-order valence-electron chi connectivity index (χ3n) is 5.05. The monoisotopic (exact) mass is 487 g/mol. The van der Waals surface area contributed by atoms with Crippen LogP contribution < -0.4 is 5.32 Å². The minimum Gasteiger partial charge on any atom is -0.320 e. The van der Waals surface area contributed by atoms with E-state index in [0.717, 1.165) is 5.56 Å². The minimum atomic E-state index is -3.49. The summed E-state index contributed by atoms with van der Waals surface area (Å²) in [5, 5.41) is 12.8. The van der Waals surface area contributed by atoms with Gasteiger partial charge in [0.25, 0.3) is 5.91 Å². The van der Waals surface area contributed by atoms with E-state index >= 15 is 0 Å². The number of rotatable bonds is 7. The molecular weight excluding hydrogens is 465 g/mol. The third kappa shape index (κ3) is 6.29. The van der Waals surface area contributed by atoms with Crippen LogP contribution in [0.2, 0.25) is 0 Å². The molecule has 1 amide bonds. The molecule has 1 saturated heterocycles. The number of carbonyl (C=O) groups excluding carboxylic acids is 1. The summed E-state index contributed by atoms with van der Waals surface area (Å²) in [7, 11) is -3.49. The second-order valence-electron chi connectivity index (χ2n) is 7.40. The molecule has 1 aliphatic rings. The Hall–Kier alpha value is -2.99. The molecule has 0 saturated carbocycles. The average molecular weight is 488 g/mol. The first-order valence-electron chi connectivity index (χ1n) is 10.2. The van der Waals surface area contributed by atoms with E-state index in [2.05, 4.69) is 20.4 Å². The van der Waals surface area contributed by atoms with Gasteiger partial charge in [0.1, 0.15) is 10.8 Å². The molecule has 11 heteroatoms. The number of piperazine rings is 1. The molecule has 2 aromatic carbocycles. The highest BCUT2D eigenvalue weighted by Gasteiger charge is 2.26. The number of hydrogen-bond donors (Lipinski definition) is 1. The zero-order valence-corrected chi connectivity index (χ0v) is 19.2. The van der Waals surface area contributed by atoms with Gasteiger partial charge in [0.05, 0.1) is 6.54 Å². The van der Waals surface area contributed by atoms with Crippen molar-refractivity contribution in [2.75, 3.05) is 31.5 Å². The maximum absolute atomic E-state index is 13.0. The standard InChI is InChI=1S/C22H22FN5O3S2/c23-18-6-8-19(9-7-18)24-21(29)22-26-25-20(32-22)16-27-11-13-28(14-12-27)33(30,31)15-10-17-4-2-1-3-5-17/h1-10,15H,11-14,16H2,(H,24,29)/b15-10+. The van der Waals surface area contributed by atoms with Crippen molar-refractivity contribution in [2.45, 2.75) is 6.54 Å². The van der Waals surface area contributed by atoms with Gasteiger partial charge in [-0.1, -0.05) is 41.7 Å². The van der Waals surface area contributed by atoms with Crippen molar-refractivity contribution >= 4 is 39.0 Å². The lowest BCUT2D eigenvalue weighted by Gasteiger charge is -2.32. The largest absolute Gasteiger partial charge is 0.320 e. The predicted molar refractivity (Wildman–Crippen MR) is 126 cm³/mol. The first-order chi connectivity index (χ1) is 15.9. The number of aromatic nitrogens is 2. The molecule has 0 bridgehead atoms. The summed E-state index contributed by atoms with van der Waals surface area (Å²) in [5.74, 6) is -0.794. The van der Waals surface area contributed by atoms with E-state index in [4.69, 9.17) is 0 Å². The molecule has 172 valence electrons. The van der Waals surface area contributed by atoms with Gasteiger partial charge in [0.2, 0.25) is 15.0 Å².